The molecular weight excluding hydrogens is 681 g/mol. The van der Waals surface area contributed by atoms with E-state index in [2.05, 4.69) is 128 Å². The highest BCUT2D eigenvalue weighted by Gasteiger charge is 2.46. The Kier molecular flexibility index (Phi) is 9.44. The molecule has 0 saturated carbocycles. The van der Waals surface area contributed by atoms with Crippen molar-refractivity contribution in [3.63, 3.8) is 0 Å². The van der Waals surface area contributed by atoms with Gasteiger partial charge in [-0.3, -0.25) is 0 Å². The minimum Gasteiger partial charge on any atom is -0.460 e. The average Bonchev–Trinajstić information content (AvgIpc) is 3.56. The molecule has 6 nitrogen and oxygen atoms in total. The van der Waals surface area contributed by atoms with Gasteiger partial charge in [0.05, 0.1) is 23.1 Å². The van der Waals surface area contributed by atoms with Crippen LogP contribution in [0.15, 0.2) is 157 Å². The van der Waals surface area contributed by atoms with Crippen molar-refractivity contribution < 1.29 is 23.6 Å². The van der Waals surface area contributed by atoms with Gasteiger partial charge in [0.25, 0.3) is 0 Å². The smallest absolute Gasteiger partial charge is 0.338 e. The molecule has 2 aliphatic heterocycles. The number of allylic oxidation sites excluding steroid dienone is 4. The molecule has 0 bridgehead atoms. The van der Waals surface area contributed by atoms with E-state index < -0.39 is 0 Å². The molecule has 0 fully saturated rings. The first-order chi connectivity index (χ1) is 26.7. The molecule has 0 N–H and O–H groups in total. The number of nitrogens with zero attached hydrogens (tertiary/aromatic N) is 2. The van der Waals surface area contributed by atoms with Crippen LogP contribution in [0, 0.1) is 0 Å². The third-order valence-electron chi connectivity index (χ3n) is 11.1. The lowest BCUT2D eigenvalue weighted by atomic mass is 9.79. The Labute approximate surface area is 322 Å². The minimum atomic E-state index is -0.343. The molecule has 55 heavy (non-hydrogen) atoms. The van der Waals surface area contributed by atoms with Gasteiger partial charge in [-0.15, -0.1) is 0 Å². The van der Waals surface area contributed by atoms with Crippen molar-refractivity contribution >= 4 is 50.6 Å². The van der Waals surface area contributed by atoms with Gasteiger partial charge in [0.15, 0.2) is 18.9 Å². The number of fused-ring (bicyclic) bond motifs is 6. The van der Waals surface area contributed by atoms with Crippen molar-refractivity contribution in [2.45, 2.75) is 38.5 Å². The molecule has 6 heteroatoms. The van der Waals surface area contributed by atoms with E-state index >= 15 is 0 Å². The molecule has 0 spiro atoms. The van der Waals surface area contributed by atoms with E-state index in [4.69, 9.17) is 9.47 Å². The van der Waals surface area contributed by atoms with E-state index in [1.807, 2.05) is 36.4 Å². The highest BCUT2D eigenvalue weighted by Crippen LogP contribution is 2.51. The van der Waals surface area contributed by atoms with Gasteiger partial charge in [-0.2, -0.15) is 4.58 Å². The summed E-state index contributed by atoms with van der Waals surface area (Å²) in [5, 5.41) is 4.82. The maximum Gasteiger partial charge on any atom is 0.338 e. The molecule has 0 aromatic heterocycles. The number of anilines is 1. The van der Waals surface area contributed by atoms with Crippen LogP contribution in [0.25, 0.3) is 21.5 Å². The number of benzene rings is 6. The summed E-state index contributed by atoms with van der Waals surface area (Å²) in [6.45, 7) is 10.6. The summed E-state index contributed by atoms with van der Waals surface area (Å²) >= 11 is 0. The molecule has 0 radical (unpaired) electrons. The predicted octanol–water partition coefficient (Wildman–Crippen LogP) is 10.3. The van der Waals surface area contributed by atoms with Crippen LogP contribution in [0.3, 0.4) is 0 Å². The van der Waals surface area contributed by atoms with Crippen molar-refractivity contribution in [1.82, 2.24) is 0 Å². The lowest BCUT2D eigenvalue weighted by Gasteiger charge is -2.27. The Balaban J connectivity index is 1.15. The summed E-state index contributed by atoms with van der Waals surface area (Å²) in [5.74, 6) is -0.658. The topological polar surface area (TPSA) is 58.9 Å². The number of ether oxygens (including phenoxy) is 2. The monoisotopic (exact) mass is 725 g/mol. The average molecular weight is 726 g/mol. The van der Waals surface area contributed by atoms with Crippen LogP contribution in [-0.2, 0) is 20.3 Å². The molecule has 2 aliphatic rings. The summed E-state index contributed by atoms with van der Waals surface area (Å²) in [4.78, 5) is 28.1. The van der Waals surface area contributed by atoms with E-state index in [1.165, 1.54) is 32.7 Å². The summed E-state index contributed by atoms with van der Waals surface area (Å²) in [6.07, 6.45) is 6.58. The molecule has 6 aromatic rings. The fraction of sp³-hybridized carbons (Fsp3) is 0.204. The molecule has 0 aliphatic carbocycles. The van der Waals surface area contributed by atoms with Crippen LogP contribution < -0.4 is 4.90 Å². The first-order valence-corrected chi connectivity index (χ1v) is 19.0. The molecule has 6 aromatic carbocycles. The Morgan fingerprint density at radius 2 is 1.16 bits per heavy atom. The van der Waals surface area contributed by atoms with Crippen molar-refractivity contribution in [2.75, 3.05) is 31.2 Å². The fourth-order valence-corrected chi connectivity index (χ4v) is 8.56. The van der Waals surface area contributed by atoms with Crippen molar-refractivity contribution in [3.05, 3.63) is 180 Å². The van der Waals surface area contributed by atoms with Gasteiger partial charge in [-0.25, -0.2) is 9.59 Å². The Morgan fingerprint density at radius 1 is 0.618 bits per heavy atom. The van der Waals surface area contributed by atoms with E-state index in [-0.39, 0.29) is 36.0 Å². The minimum absolute atomic E-state index is 0.236. The zero-order valence-corrected chi connectivity index (χ0v) is 31.8. The molecule has 8 rings (SSSR count). The largest absolute Gasteiger partial charge is 0.460 e. The Morgan fingerprint density at radius 3 is 1.80 bits per heavy atom. The van der Waals surface area contributed by atoms with Gasteiger partial charge < -0.3 is 14.4 Å². The SMILES string of the molecule is CC1(C)C(/C=C/C=C2/N(CCOC(=O)c3ccccc3)c3ccc4ccccc4c3C2(C)C)=[N+](CCOC(=O)c2ccccc2)c2ccc3ccccc3c21. The van der Waals surface area contributed by atoms with E-state index in [0.717, 1.165) is 22.8 Å². The Hall–Kier alpha value is -6.27. The summed E-state index contributed by atoms with van der Waals surface area (Å²) in [6, 6.07) is 44.1. The zero-order chi connectivity index (χ0) is 38.2. The van der Waals surface area contributed by atoms with Gasteiger partial charge in [-0.05, 0) is 83.4 Å². The van der Waals surface area contributed by atoms with Crippen LogP contribution in [0.4, 0.5) is 11.4 Å². The standard InChI is InChI=1S/C49H45N2O4/c1-48(2)42(50(30-32-54-46(52)36-18-7-5-8-19-36)40-28-26-34-16-11-13-22-38(34)44(40)48)24-15-25-43-49(3,4)45-39-23-14-12-17-35(39)27-29-41(45)51(43)31-33-55-47(53)37-20-9-6-10-21-37/h5-29H,30-33H2,1-4H3/q+1. The molecule has 2 heterocycles. The quantitative estimate of drug-likeness (QED) is 0.104. The van der Waals surface area contributed by atoms with Gasteiger partial charge in [-0.1, -0.05) is 111 Å². The van der Waals surface area contributed by atoms with Crippen molar-refractivity contribution in [2.24, 2.45) is 0 Å². The number of hydrogen-bond acceptors (Lipinski definition) is 5. The lowest BCUT2D eigenvalue weighted by molar-refractivity contribution is -0.440. The molecule has 274 valence electrons. The molecule has 0 unspecified atom stereocenters. The zero-order valence-electron chi connectivity index (χ0n) is 31.8. The fourth-order valence-electron chi connectivity index (χ4n) is 8.56. The maximum absolute atomic E-state index is 12.9. The van der Waals surface area contributed by atoms with Crippen LogP contribution in [-0.4, -0.2) is 48.5 Å². The van der Waals surface area contributed by atoms with Crippen LogP contribution >= 0.6 is 0 Å². The highest BCUT2D eigenvalue weighted by atomic mass is 16.5. The third kappa shape index (κ3) is 6.52. The van der Waals surface area contributed by atoms with Gasteiger partial charge in [0.1, 0.15) is 6.61 Å². The van der Waals surface area contributed by atoms with E-state index in [1.54, 1.807) is 24.3 Å². The maximum atomic E-state index is 12.9. The first-order valence-electron chi connectivity index (χ1n) is 19.0. The van der Waals surface area contributed by atoms with Gasteiger partial charge in [0, 0.05) is 34.5 Å². The normalized spacial score (nSPS) is 16.2. The predicted molar refractivity (Wildman–Crippen MR) is 222 cm³/mol. The summed E-state index contributed by atoms with van der Waals surface area (Å²) in [5.41, 5.74) is 7.39. The molecular formula is C49H45N2O4+. The molecule has 0 saturated heterocycles. The second-order valence-electron chi connectivity index (χ2n) is 15.2. The Bertz CT molecular complexity index is 2530. The number of hydrogen-bond donors (Lipinski definition) is 0. The van der Waals surface area contributed by atoms with Gasteiger partial charge >= 0.3 is 11.9 Å². The number of carbonyl (C=O) groups is 2. The first kappa shape index (κ1) is 35.7. The highest BCUT2D eigenvalue weighted by molar-refractivity contribution is 6.08. The van der Waals surface area contributed by atoms with Crippen molar-refractivity contribution in [1.29, 1.82) is 0 Å². The number of esters is 2. The lowest BCUT2D eigenvalue weighted by Crippen LogP contribution is -2.30. The van der Waals surface area contributed by atoms with Crippen LogP contribution in [0.5, 0.6) is 0 Å². The molecule has 0 amide bonds. The number of rotatable bonds is 10. The van der Waals surface area contributed by atoms with Crippen LogP contribution in [0.2, 0.25) is 0 Å². The summed E-state index contributed by atoms with van der Waals surface area (Å²) < 4.78 is 13.9. The van der Waals surface area contributed by atoms with E-state index in [0.29, 0.717) is 24.2 Å². The third-order valence-corrected chi connectivity index (χ3v) is 11.1. The number of carbonyl (C=O) groups excluding carboxylic acids is 2. The molecule has 0 atom stereocenters. The summed E-state index contributed by atoms with van der Waals surface area (Å²) in [7, 11) is 0. The second-order valence-corrected chi connectivity index (χ2v) is 15.2. The van der Waals surface area contributed by atoms with E-state index in [9.17, 15) is 9.59 Å². The van der Waals surface area contributed by atoms with Crippen LogP contribution in [0.1, 0.15) is 59.5 Å². The second kappa shape index (κ2) is 14.5. The van der Waals surface area contributed by atoms with Crippen molar-refractivity contribution in [3.8, 4) is 0 Å². The van der Waals surface area contributed by atoms with Gasteiger partial charge in [0.2, 0.25) is 5.69 Å².